The molecule has 0 radical (unpaired) electrons. The van der Waals surface area contributed by atoms with Crippen LogP contribution in [0.5, 0.6) is 0 Å². The molecule has 0 atom stereocenters. The lowest BCUT2D eigenvalue weighted by Gasteiger charge is -2.02. The predicted molar refractivity (Wildman–Crippen MR) is 69.2 cm³/mol. The van der Waals surface area contributed by atoms with Crippen LogP contribution >= 0.6 is 0 Å². The number of oxime groups is 1. The molecule has 0 spiro atoms. The monoisotopic (exact) mass is 280 g/mol. The molecule has 100 valence electrons. The van der Waals surface area contributed by atoms with Gasteiger partial charge in [-0.15, -0.1) is 0 Å². The molecule has 1 aromatic heterocycles. The highest BCUT2D eigenvalue weighted by molar-refractivity contribution is 7.90. The molecule has 7 nitrogen and oxygen atoms in total. The minimum atomic E-state index is -3.27. The number of aromatic nitrogens is 2. The van der Waals surface area contributed by atoms with E-state index in [1.54, 1.807) is 24.3 Å². The second kappa shape index (κ2) is 4.73. The van der Waals surface area contributed by atoms with Crippen LogP contribution in [0.3, 0.4) is 0 Å². The van der Waals surface area contributed by atoms with Gasteiger partial charge in [0.25, 0.3) is 0 Å². The van der Waals surface area contributed by atoms with Gasteiger partial charge >= 0.3 is 0 Å². The molecule has 1 aromatic carbocycles. The molecule has 1 heterocycles. The number of hydrogen-bond donors (Lipinski definition) is 2. The van der Waals surface area contributed by atoms with Gasteiger partial charge < -0.3 is 10.9 Å². The van der Waals surface area contributed by atoms with Gasteiger partial charge in [0.1, 0.15) is 4.90 Å². The first-order valence-corrected chi connectivity index (χ1v) is 7.14. The third-order valence-corrected chi connectivity index (χ3v) is 3.59. The van der Waals surface area contributed by atoms with E-state index >= 15 is 0 Å². The van der Waals surface area contributed by atoms with Crippen molar-refractivity contribution in [1.82, 2.24) is 9.78 Å². The maximum atomic E-state index is 11.3. The number of hydrogen-bond acceptors (Lipinski definition) is 5. The lowest BCUT2D eigenvalue weighted by molar-refractivity contribution is 0.318. The lowest BCUT2D eigenvalue weighted by atomic mass is 10.2. The fourth-order valence-corrected chi connectivity index (χ4v) is 2.01. The van der Waals surface area contributed by atoms with Gasteiger partial charge in [-0.3, -0.25) is 0 Å². The quantitative estimate of drug-likeness (QED) is 0.365. The third kappa shape index (κ3) is 2.74. The average molecular weight is 280 g/mol. The first-order valence-electron chi connectivity index (χ1n) is 5.25. The molecule has 0 unspecified atom stereocenters. The maximum Gasteiger partial charge on any atom is 0.178 e. The number of nitrogens with two attached hydrogens (primary N) is 1. The fraction of sp³-hybridized carbons (Fsp3) is 0.0909. The van der Waals surface area contributed by atoms with Crippen LogP contribution in [0.4, 0.5) is 0 Å². The average Bonchev–Trinajstić information content (AvgIpc) is 2.87. The smallest absolute Gasteiger partial charge is 0.178 e. The summed E-state index contributed by atoms with van der Waals surface area (Å²) in [5, 5.41) is 15.4. The Morgan fingerprint density at radius 2 is 2.00 bits per heavy atom. The molecule has 3 N–H and O–H groups in total. The van der Waals surface area contributed by atoms with Crippen LogP contribution in [0.1, 0.15) is 5.56 Å². The van der Waals surface area contributed by atoms with Gasteiger partial charge in [-0.25, -0.2) is 13.1 Å². The molecule has 0 aliphatic rings. The van der Waals surface area contributed by atoms with Crippen molar-refractivity contribution in [2.24, 2.45) is 10.9 Å². The molecular weight excluding hydrogens is 268 g/mol. The van der Waals surface area contributed by atoms with Gasteiger partial charge in [0, 0.05) is 18.0 Å². The van der Waals surface area contributed by atoms with Crippen molar-refractivity contribution in [2.45, 2.75) is 4.90 Å². The Morgan fingerprint density at radius 3 is 2.47 bits per heavy atom. The number of rotatable bonds is 3. The number of sulfone groups is 1. The maximum absolute atomic E-state index is 11.3. The van der Waals surface area contributed by atoms with Gasteiger partial charge in [0.15, 0.2) is 15.7 Å². The van der Waals surface area contributed by atoms with Crippen molar-refractivity contribution in [3.8, 4) is 5.69 Å². The molecule has 8 heteroatoms. The Balaban J connectivity index is 2.36. The Bertz CT molecular complexity index is 717. The zero-order valence-corrected chi connectivity index (χ0v) is 10.9. The van der Waals surface area contributed by atoms with E-state index in [0.29, 0.717) is 11.3 Å². The van der Waals surface area contributed by atoms with Crippen molar-refractivity contribution in [2.75, 3.05) is 6.26 Å². The zero-order chi connectivity index (χ0) is 14.0. The van der Waals surface area contributed by atoms with Crippen LogP contribution in [0, 0.1) is 0 Å². The van der Waals surface area contributed by atoms with Crippen LogP contribution in [-0.4, -0.2) is 35.5 Å². The molecule has 0 saturated carbocycles. The molecule has 2 rings (SSSR count). The Labute approximate surface area is 109 Å². The van der Waals surface area contributed by atoms with Gasteiger partial charge in [-0.2, -0.15) is 5.10 Å². The number of nitrogens with zero attached hydrogens (tertiary/aromatic N) is 3. The second-order valence-corrected chi connectivity index (χ2v) is 5.94. The van der Waals surface area contributed by atoms with Crippen molar-refractivity contribution in [3.63, 3.8) is 0 Å². The summed E-state index contributed by atoms with van der Waals surface area (Å²) in [6, 6.07) is 6.66. The van der Waals surface area contributed by atoms with Crippen LogP contribution in [-0.2, 0) is 9.84 Å². The molecule has 0 aliphatic heterocycles. The van der Waals surface area contributed by atoms with Gasteiger partial charge in [-0.1, -0.05) is 5.16 Å². The Hall–Kier alpha value is -2.35. The largest absolute Gasteiger partial charge is 0.409 e. The number of amidine groups is 1. The first-order chi connectivity index (χ1) is 8.91. The summed E-state index contributed by atoms with van der Waals surface area (Å²) >= 11 is 0. The molecule has 0 aliphatic carbocycles. The van der Waals surface area contributed by atoms with Crippen LogP contribution in [0.2, 0.25) is 0 Å². The molecule has 19 heavy (non-hydrogen) atoms. The van der Waals surface area contributed by atoms with Crippen molar-refractivity contribution >= 4 is 15.7 Å². The second-order valence-electron chi connectivity index (χ2n) is 3.92. The Kier molecular flexibility index (Phi) is 3.26. The first kappa shape index (κ1) is 13.1. The van der Waals surface area contributed by atoms with Crippen molar-refractivity contribution < 1.29 is 13.6 Å². The van der Waals surface area contributed by atoms with E-state index in [0.717, 1.165) is 6.26 Å². The molecule has 0 amide bonds. The SMILES string of the molecule is CS(=O)(=O)c1cnn(-c2ccc(/C(N)=N/O)cc2)c1. The summed E-state index contributed by atoms with van der Waals surface area (Å²) in [4.78, 5) is 0.146. The lowest BCUT2D eigenvalue weighted by Crippen LogP contribution is -2.12. The van der Waals surface area contributed by atoms with Crippen LogP contribution in [0.25, 0.3) is 5.69 Å². The zero-order valence-electron chi connectivity index (χ0n) is 10.1. The molecular formula is C11H12N4O3S. The highest BCUT2D eigenvalue weighted by Gasteiger charge is 2.10. The summed E-state index contributed by atoms with van der Waals surface area (Å²) in [5.74, 6) is 0.00356. The number of benzene rings is 1. The minimum Gasteiger partial charge on any atom is -0.409 e. The predicted octanol–water partition coefficient (Wildman–Crippen LogP) is 0.370. The van der Waals surface area contributed by atoms with Crippen LogP contribution in [0.15, 0.2) is 46.7 Å². The van der Waals surface area contributed by atoms with Gasteiger partial charge in [0.2, 0.25) is 0 Å². The normalized spacial score (nSPS) is 12.6. The third-order valence-electron chi connectivity index (χ3n) is 2.52. The van der Waals surface area contributed by atoms with E-state index in [1.165, 1.54) is 17.1 Å². The summed E-state index contributed by atoms with van der Waals surface area (Å²) in [7, 11) is -3.27. The van der Waals surface area contributed by atoms with E-state index in [9.17, 15) is 8.42 Å². The van der Waals surface area contributed by atoms with Crippen molar-refractivity contribution in [3.05, 3.63) is 42.2 Å². The molecule has 0 bridgehead atoms. The highest BCUT2D eigenvalue weighted by Crippen LogP contribution is 2.13. The summed E-state index contributed by atoms with van der Waals surface area (Å²) in [6.07, 6.45) is 3.83. The van der Waals surface area contributed by atoms with Gasteiger partial charge in [0.05, 0.1) is 11.9 Å². The Morgan fingerprint density at radius 1 is 1.37 bits per heavy atom. The van der Waals surface area contributed by atoms with E-state index < -0.39 is 9.84 Å². The molecule has 2 aromatic rings. The van der Waals surface area contributed by atoms with Crippen molar-refractivity contribution in [1.29, 1.82) is 0 Å². The van der Waals surface area contributed by atoms with E-state index in [2.05, 4.69) is 10.3 Å². The highest BCUT2D eigenvalue weighted by atomic mass is 32.2. The summed E-state index contributed by atoms with van der Waals surface area (Å²) in [6.45, 7) is 0. The van der Waals surface area contributed by atoms with Gasteiger partial charge in [-0.05, 0) is 24.3 Å². The topological polar surface area (TPSA) is 111 Å². The van der Waals surface area contributed by atoms with E-state index in [4.69, 9.17) is 10.9 Å². The standard InChI is InChI=1S/C11H12N4O3S/c1-19(17,18)10-6-13-15(7-10)9-4-2-8(3-5-9)11(12)14-16/h2-7,16H,1H3,(H2,12,14). The minimum absolute atomic E-state index is 0.00356. The molecule has 0 fully saturated rings. The van der Waals surface area contributed by atoms with Crippen LogP contribution < -0.4 is 5.73 Å². The molecule has 0 saturated heterocycles. The summed E-state index contributed by atoms with van der Waals surface area (Å²) < 4.78 is 24.1. The fourth-order valence-electron chi connectivity index (χ4n) is 1.48. The summed E-state index contributed by atoms with van der Waals surface area (Å²) in [5.41, 5.74) is 6.67. The van der Waals surface area contributed by atoms with E-state index in [-0.39, 0.29) is 10.7 Å². The van der Waals surface area contributed by atoms with E-state index in [1.807, 2.05) is 0 Å².